The van der Waals surface area contributed by atoms with E-state index in [2.05, 4.69) is 24.4 Å². The van der Waals surface area contributed by atoms with Crippen molar-refractivity contribution < 1.29 is 0 Å². The predicted molar refractivity (Wildman–Crippen MR) is 84.1 cm³/mol. The van der Waals surface area contributed by atoms with Gasteiger partial charge in [0.15, 0.2) is 0 Å². The SMILES string of the molecule is Cc1ccc(CNCC2(CCl)CCCCC2)c(Cl)c1. The van der Waals surface area contributed by atoms with Gasteiger partial charge in [-0.05, 0) is 42.4 Å². The molecule has 0 amide bonds. The van der Waals surface area contributed by atoms with Gasteiger partial charge < -0.3 is 5.32 Å². The van der Waals surface area contributed by atoms with Crippen molar-refractivity contribution in [3.8, 4) is 0 Å². The molecule has 1 aromatic carbocycles. The van der Waals surface area contributed by atoms with Crippen LogP contribution < -0.4 is 5.32 Å². The van der Waals surface area contributed by atoms with E-state index in [0.29, 0.717) is 5.41 Å². The largest absolute Gasteiger partial charge is 0.312 e. The fraction of sp³-hybridized carbons (Fsp3) is 0.625. The summed E-state index contributed by atoms with van der Waals surface area (Å²) in [5.41, 5.74) is 2.68. The van der Waals surface area contributed by atoms with E-state index in [0.717, 1.165) is 24.0 Å². The Balaban J connectivity index is 1.88. The highest BCUT2D eigenvalue weighted by atomic mass is 35.5. The second kappa shape index (κ2) is 6.97. The molecular weight excluding hydrogens is 277 g/mol. The van der Waals surface area contributed by atoms with Crippen LogP contribution in [0.5, 0.6) is 0 Å². The quantitative estimate of drug-likeness (QED) is 0.760. The molecule has 1 N–H and O–H groups in total. The number of hydrogen-bond acceptors (Lipinski definition) is 1. The fourth-order valence-corrected chi connectivity index (χ4v) is 3.58. The molecule has 0 heterocycles. The van der Waals surface area contributed by atoms with Crippen LogP contribution >= 0.6 is 23.2 Å². The van der Waals surface area contributed by atoms with Gasteiger partial charge in [-0.1, -0.05) is 43.0 Å². The number of aryl methyl sites for hydroxylation is 1. The Morgan fingerprint density at radius 3 is 2.58 bits per heavy atom. The molecule has 0 aliphatic heterocycles. The molecule has 19 heavy (non-hydrogen) atoms. The van der Waals surface area contributed by atoms with Crippen LogP contribution in [0.15, 0.2) is 18.2 Å². The molecule has 0 unspecified atom stereocenters. The van der Waals surface area contributed by atoms with E-state index >= 15 is 0 Å². The molecule has 0 spiro atoms. The van der Waals surface area contributed by atoms with Crippen LogP contribution in [0.25, 0.3) is 0 Å². The zero-order valence-corrected chi connectivity index (χ0v) is 13.2. The molecule has 0 saturated heterocycles. The fourth-order valence-electron chi connectivity index (χ4n) is 2.92. The van der Waals surface area contributed by atoms with E-state index in [4.69, 9.17) is 23.2 Å². The van der Waals surface area contributed by atoms with Gasteiger partial charge in [0.1, 0.15) is 0 Å². The molecule has 1 saturated carbocycles. The summed E-state index contributed by atoms with van der Waals surface area (Å²) in [5, 5.41) is 4.41. The zero-order valence-electron chi connectivity index (χ0n) is 11.6. The van der Waals surface area contributed by atoms with Crippen LogP contribution in [-0.4, -0.2) is 12.4 Å². The molecule has 1 aliphatic carbocycles. The third kappa shape index (κ3) is 4.11. The van der Waals surface area contributed by atoms with E-state index in [1.54, 1.807) is 0 Å². The maximum atomic E-state index is 6.25. The first-order valence-corrected chi connectivity index (χ1v) is 8.08. The van der Waals surface area contributed by atoms with Crippen molar-refractivity contribution in [2.45, 2.75) is 45.6 Å². The van der Waals surface area contributed by atoms with Crippen molar-refractivity contribution in [1.29, 1.82) is 0 Å². The van der Waals surface area contributed by atoms with Crippen molar-refractivity contribution >= 4 is 23.2 Å². The van der Waals surface area contributed by atoms with Gasteiger partial charge in [0.25, 0.3) is 0 Å². The lowest BCUT2D eigenvalue weighted by Gasteiger charge is -2.35. The Morgan fingerprint density at radius 2 is 1.95 bits per heavy atom. The standard InChI is InChI=1S/C16H23Cl2N/c1-13-5-6-14(15(18)9-13)10-19-12-16(11-17)7-3-2-4-8-16/h5-6,9,19H,2-4,7-8,10-12H2,1H3. The topological polar surface area (TPSA) is 12.0 Å². The molecule has 0 atom stereocenters. The lowest BCUT2D eigenvalue weighted by molar-refractivity contribution is 0.212. The van der Waals surface area contributed by atoms with E-state index in [9.17, 15) is 0 Å². The summed E-state index contributed by atoms with van der Waals surface area (Å²) in [7, 11) is 0. The first kappa shape index (κ1) is 15.2. The molecule has 1 aliphatic rings. The smallest absolute Gasteiger partial charge is 0.0453 e. The Morgan fingerprint density at radius 1 is 1.21 bits per heavy atom. The van der Waals surface area contributed by atoms with Crippen molar-refractivity contribution in [3.05, 3.63) is 34.3 Å². The normalized spacial score (nSPS) is 18.5. The highest BCUT2D eigenvalue weighted by Crippen LogP contribution is 2.36. The minimum absolute atomic E-state index is 0.303. The Kier molecular flexibility index (Phi) is 5.56. The summed E-state index contributed by atoms with van der Waals surface area (Å²) in [6, 6.07) is 6.25. The maximum Gasteiger partial charge on any atom is 0.0453 e. The van der Waals surface area contributed by atoms with Gasteiger partial charge in [0, 0.05) is 24.0 Å². The van der Waals surface area contributed by atoms with Crippen LogP contribution in [0, 0.1) is 12.3 Å². The van der Waals surface area contributed by atoms with E-state index in [1.807, 2.05) is 6.07 Å². The Hall–Kier alpha value is -0.240. The molecule has 3 heteroatoms. The lowest BCUT2D eigenvalue weighted by atomic mass is 9.75. The Bertz CT molecular complexity index is 411. The first-order valence-electron chi connectivity index (χ1n) is 7.17. The first-order chi connectivity index (χ1) is 9.15. The average Bonchev–Trinajstić information content (AvgIpc) is 2.42. The van der Waals surface area contributed by atoms with Crippen LogP contribution in [0.4, 0.5) is 0 Å². The number of hydrogen-bond donors (Lipinski definition) is 1. The summed E-state index contributed by atoms with van der Waals surface area (Å²) in [6.45, 7) is 3.89. The number of rotatable bonds is 5. The van der Waals surface area contributed by atoms with Crippen LogP contribution in [0.1, 0.15) is 43.2 Å². The summed E-state index contributed by atoms with van der Waals surface area (Å²) in [6.07, 6.45) is 6.51. The second-order valence-corrected chi connectivity index (χ2v) is 6.57. The summed E-state index contributed by atoms with van der Waals surface area (Å²) in [4.78, 5) is 0. The van der Waals surface area contributed by atoms with Gasteiger partial charge in [-0.15, -0.1) is 11.6 Å². The van der Waals surface area contributed by atoms with Crippen LogP contribution in [-0.2, 0) is 6.54 Å². The van der Waals surface area contributed by atoms with E-state index in [1.165, 1.54) is 43.2 Å². The van der Waals surface area contributed by atoms with Crippen molar-refractivity contribution in [3.63, 3.8) is 0 Å². The molecule has 0 bridgehead atoms. The van der Waals surface area contributed by atoms with Crippen molar-refractivity contribution in [1.82, 2.24) is 5.32 Å². The minimum atomic E-state index is 0.303. The number of benzene rings is 1. The van der Waals surface area contributed by atoms with Gasteiger partial charge in [0.05, 0.1) is 0 Å². The number of alkyl halides is 1. The van der Waals surface area contributed by atoms with Gasteiger partial charge >= 0.3 is 0 Å². The molecule has 1 aromatic rings. The van der Waals surface area contributed by atoms with E-state index < -0.39 is 0 Å². The third-order valence-corrected chi connectivity index (χ3v) is 5.14. The highest BCUT2D eigenvalue weighted by molar-refractivity contribution is 6.31. The minimum Gasteiger partial charge on any atom is -0.312 e. The molecular formula is C16H23Cl2N. The molecule has 1 nitrogen and oxygen atoms in total. The van der Waals surface area contributed by atoms with Crippen LogP contribution in [0.2, 0.25) is 5.02 Å². The number of halogens is 2. The zero-order chi connectivity index (χ0) is 13.7. The molecule has 106 valence electrons. The predicted octanol–water partition coefficient (Wildman–Crippen LogP) is 4.93. The van der Waals surface area contributed by atoms with Crippen molar-refractivity contribution in [2.24, 2.45) is 5.41 Å². The van der Waals surface area contributed by atoms with Gasteiger partial charge in [-0.25, -0.2) is 0 Å². The molecule has 0 aromatic heterocycles. The Labute approximate surface area is 126 Å². The molecule has 1 fully saturated rings. The maximum absolute atomic E-state index is 6.25. The van der Waals surface area contributed by atoms with Gasteiger partial charge in [0.2, 0.25) is 0 Å². The van der Waals surface area contributed by atoms with Gasteiger partial charge in [-0.3, -0.25) is 0 Å². The monoisotopic (exact) mass is 299 g/mol. The van der Waals surface area contributed by atoms with Crippen molar-refractivity contribution in [2.75, 3.05) is 12.4 Å². The molecule has 2 rings (SSSR count). The number of nitrogens with one attached hydrogen (secondary N) is 1. The average molecular weight is 300 g/mol. The summed E-state index contributed by atoms with van der Waals surface area (Å²) < 4.78 is 0. The lowest BCUT2D eigenvalue weighted by Crippen LogP contribution is -2.37. The van der Waals surface area contributed by atoms with Gasteiger partial charge in [-0.2, -0.15) is 0 Å². The molecule has 0 radical (unpaired) electrons. The van der Waals surface area contributed by atoms with Crippen LogP contribution in [0.3, 0.4) is 0 Å². The highest BCUT2D eigenvalue weighted by Gasteiger charge is 2.30. The summed E-state index contributed by atoms with van der Waals surface area (Å²) >= 11 is 12.5. The second-order valence-electron chi connectivity index (χ2n) is 5.89. The summed E-state index contributed by atoms with van der Waals surface area (Å²) in [5.74, 6) is 0.766. The third-order valence-electron chi connectivity index (χ3n) is 4.22. The van der Waals surface area contributed by atoms with E-state index in [-0.39, 0.29) is 0 Å².